The number of phenols is 1. The molecule has 28 heavy (non-hydrogen) atoms. The summed E-state index contributed by atoms with van der Waals surface area (Å²) in [6.07, 6.45) is 1.04. The number of ether oxygens (including phenoxy) is 2. The molecule has 0 aromatic heterocycles. The molecule has 1 atom stereocenters. The van der Waals surface area contributed by atoms with Gasteiger partial charge in [0.2, 0.25) is 0 Å². The Balaban J connectivity index is 1.66. The lowest BCUT2D eigenvalue weighted by Gasteiger charge is -2.18. The third-order valence-electron chi connectivity index (χ3n) is 4.53. The number of guanidine groups is 1. The highest BCUT2D eigenvalue weighted by Gasteiger charge is 2.18. The molecule has 0 aliphatic carbocycles. The zero-order valence-corrected chi connectivity index (χ0v) is 16.6. The molecule has 1 aliphatic rings. The van der Waals surface area contributed by atoms with Gasteiger partial charge < -0.3 is 25.2 Å². The second kappa shape index (κ2) is 9.99. The number of aryl methyl sites for hydroxylation is 1. The fraction of sp³-hybridized carbons (Fsp3) is 0.409. The summed E-state index contributed by atoms with van der Waals surface area (Å²) in [4.78, 5) is 4.61. The predicted molar refractivity (Wildman–Crippen MR) is 111 cm³/mol. The van der Waals surface area contributed by atoms with Crippen LogP contribution >= 0.6 is 0 Å². The van der Waals surface area contributed by atoms with Crippen molar-refractivity contribution in [2.24, 2.45) is 4.99 Å². The first kappa shape index (κ1) is 20.0. The Morgan fingerprint density at radius 3 is 2.89 bits per heavy atom. The monoisotopic (exact) mass is 383 g/mol. The van der Waals surface area contributed by atoms with E-state index in [1.54, 1.807) is 12.1 Å². The van der Waals surface area contributed by atoms with Crippen molar-refractivity contribution in [3.8, 4) is 11.5 Å². The summed E-state index contributed by atoms with van der Waals surface area (Å²) in [5.41, 5.74) is 3.21. The number of nitrogens with one attached hydrogen (secondary N) is 2. The molecule has 3 N–H and O–H groups in total. The number of hydrogen-bond donors (Lipinski definition) is 3. The Bertz CT molecular complexity index is 801. The van der Waals surface area contributed by atoms with Crippen molar-refractivity contribution < 1.29 is 14.6 Å². The lowest BCUT2D eigenvalue weighted by molar-refractivity contribution is 0.140. The van der Waals surface area contributed by atoms with Crippen LogP contribution in [-0.2, 0) is 17.8 Å². The van der Waals surface area contributed by atoms with Gasteiger partial charge in [-0.2, -0.15) is 0 Å². The number of phenolic OH excluding ortho intramolecular Hbond substituents is 1. The Kier molecular flexibility index (Phi) is 7.14. The first-order chi connectivity index (χ1) is 13.6. The Hall–Kier alpha value is -2.73. The number of hydrogen-bond acceptors (Lipinski definition) is 4. The largest absolute Gasteiger partial charge is 0.508 e. The van der Waals surface area contributed by atoms with E-state index >= 15 is 0 Å². The van der Waals surface area contributed by atoms with Gasteiger partial charge in [-0.25, -0.2) is 4.99 Å². The highest BCUT2D eigenvalue weighted by molar-refractivity contribution is 5.79. The lowest BCUT2D eigenvalue weighted by Crippen LogP contribution is -2.37. The van der Waals surface area contributed by atoms with Gasteiger partial charge in [-0.05, 0) is 43.2 Å². The van der Waals surface area contributed by atoms with Crippen molar-refractivity contribution in [2.45, 2.75) is 39.5 Å². The van der Waals surface area contributed by atoms with Crippen LogP contribution in [0, 0.1) is 6.92 Å². The number of nitrogens with zero attached hydrogens (tertiary/aromatic N) is 1. The molecule has 0 bridgehead atoms. The smallest absolute Gasteiger partial charge is 0.191 e. The minimum absolute atomic E-state index is 0.119. The van der Waals surface area contributed by atoms with E-state index < -0.39 is 0 Å². The van der Waals surface area contributed by atoms with Crippen molar-refractivity contribution in [3.05, 3.63) is 59.2 Å². The molecule has 2 aromatic carbocycles. The number of rotatable bonds is 7. The zero-order chi connectivity index (χ0) is 19.8. The Morgan fingerprint density at radius 1 is 1.25 bits per heavy atom. The van der Waals surface area contributed by atoms with Gasteiger partial charge in [0.1, 0.15) is 17.6 Å². The summed E-state index contributed by atoms with van der Waals surface area (Å²) in [5, 5.41) is 16.2. The molecule has 0 amide bonds. The van der Waals surface area contributed by atoms with Crippen LogP contribution in [-0.4, -0.2) is 36.9 Å². The quantitative estimate of drug-likeness (QED) is 0.506. The third kappa shape index (κ3) is 5.89. The third-order valence-corrected chi connectivity index (χ3v) is 4.53. The molecule has 1 aliphatic heterocycles. The molecule has 1 fully saturated rings. The van der Waals surface area contributed by atoms with E-state index in [0.29, 0.717) is 19.7 Å². The molecule has 0 spiro atoms. The van der Waals surface area contributed by atoms with Crippen LogP contribution in [0.5, 0.6) is 11.5 Å². The van der Waals surface area contributed by atoms with Crippen LogP contribution in [0.3, 0.4) is 0 Å². The van der Waals surface area contributed by atoms with Gasteiger partial charge in [0.25, 0.3) is 0 Å². The number of benzene rings is 2. The van der Waals surface area contributed by atoms with Crippen molar-refractivity contribution in [2.75, 3.05) is 19.8 Å². The Labute approximate surface area is 166 Å². The second-order valence-electron chi connectivity index (χ2n) is 6.93. The van der Waals surface area contributed by atoms with Gasteiger partial charge in [0.15, 0.2) is 5.96 Å². The van der Waals surface area contributed by atoms with Crippen molar-refractivity contribution >= 4 is 5.96 Å². The van der Waals surface area contributed by atoms with E-state index in [-0.39, 0.29) is 11.9 Å². The van der Waals surface area contributed by atoms with Gasteiger partial charge in [0.05, 0.1) is 19.8 Å². The molecule has 150 valence electrons. The van der Waals surface area contributed by atoms with Gasteiger partial charge in [0, 0.05) is 25.1 Å². The fourth-order valence-electron chi connectivity index (χ4n) is 3.05. The molecule has 3 rings (SSSR count). The minimum atomic E-state index is 0.119. The van der Waals surface area contributed by atoms with Crippen LogP contribution in [0.2, 0.25) is 0 Å². The minimum Gasteiger partial charge on any atom is -0.508 e. The van der Waals surface area contributed by atoms with E-state index in [0.717, 1.165) is 42.4 Å². The molecular weight excluding hydrogens is 354 g/mol. The maximum Gasteiger partial charge on any atom is 0.191 e. The molecule has 6 heteroatoms. The molecular formula is C22H29N3O3. The van der Waals surface area contributed by atoms with E-state index in [1.807, 2.05) is 19.1 Å². The van der Waals surface area contributed by atoms with Crippen LogP contribution in [0.25, 0.3) is 0 Å². The summed E-state index contributed by atoms with van der Waals surface area (Å²) >= 11 is 0. The molecule has 1 saturated heterocycles. The fourth-order valence-corrected chi connectivity index (χ4v) is 3.05. The van der Waals surface area contributed by atoms with Gasteiger partial charge in [-0.3, -0.25) is 0 Å². The average Bonchev–Trinajstić information content (AvgIpc) is 3.18. The van der Waals surface area contributed by atoms with E-state index in [9.17, 15) is 5.11 Å². The summed E-state index contributed by atoms with van der Waals surface area (Å²) in [6.45, 7) is 7.37. The van der Waals surface area contributed by atoms with Crippen LogP contribution in [0.15, 0.2) is 47.5 Å². The maximum absolute atomic E-state index is 9.60. The average molecular weight is 383 g/mol. The van der Waals surface area contributed by atoms with Crippen molar-refractivity contribution in [3.63, 3.8) is 0 Å². The molecule has 6 nitrogen and oxygen atoms in total. The highest BCUT2D eigenvalue weighted by atomic mass is 16.5. The first-order valence-electron chi connectivity index (χ1n) is 9.78. The molecule has 0 saturated carbocycles. The summed E-state index contributed by atoms with van der Waals surface area (Å²) in [6, 6.07) is 13.4. The summed E-state index contributed by atoms with van der Waals surface area (Å²) in [7, 11) is 0. The van der Waals surface area contributed by atoms with Gasteiger partial charge in [-0.15, -0.1) is 0 Å². The maximum atomic E-state index is 9.60. The van der Waals surface area contributed by atoms with Crippen molar-refractivity contribution in [1.82, 2.24) is 10.6 Å². The molecule has 1 unspecified atom stereocenters. The van der Waals surface area contributed by atoms with Gasteiger partial charge >= 0.3 is 0 Å². The zero-order valence-electron chi connectivity index (χ0n) is 16.6. The highest BCUT2D eigenvalue weighted by Crippen LogP contribution is 2.23. The van der Waals surface area contributed by atoms with E-state index in [1.165, 1.54) is 5.56 Å². The first-order valence-corrected chi connectivity index (χ1v) is 9.78. The van der Waals surface area contributed by atoms with E-state index in [2.05, 4.69) is 40.7 Å². The lowest BCUT2D eigenvalue weighted by atomic mass is 10.1. The topological polar surface area (TPSA) is 75.1 Å². The van der Waals surface area contributed by atoms with Gasteiger partial charge in [-0.1, -0.05) is 24.3 Å². The molecule has 1 heterocycles. The van der Waals surface area contributed by atoms with Crippen LogP contribution < -0.4 is 15.4 Å². The second-order valence-corrected chi connectivity index (χ2v) is 6.93. The number of aliphatic imine (C=N–C) groups is 1. The molecule has 0 radical (unpaired) electrons. The SMILES string of the molecule is CCNC(=NCc1cccc(O)c1)NCc1ccc(C)cc1OC1CCOC1. The van der Waals surface area contributed by atoms with Crippen molar-refractivity contribution in [1.29, 1.82) is 0 Å². The summed E-state index contributed by atoms with van der Waals surface area (Å²) < 4.78 is 11.6. The van der Waals surface area contributed by atoms with Crippen LogP contribution in [0.1, 0.15) is 30.0 Å². The predicted octanol–water partition coefficient (Wildman–Crippen LogP) is 3.12. The summed E-state index contributed by atoms with van der Waals surface area (Å²) in [5.74, 6) is 1.87. The number of aromatic hydroxyl groups is 1. The standard InChI is InChI=1S/C22H29N3O3/c1-3-23-22(24-13-17-5-4-6-19(26)12-17)25-14-18-8-7-16(2)11-21(18)28-20-9-10-27-15-20/h4-8,11-12,20,26H,3,9-10,13-15H2,1-2H3,(H2,23,24,25). The molecule has 2 aromatic rings. The van der Waals surface area contributed by atoms with E-state index in [4.69, 9.17) is 9.47 Å². The normalized spacial score (nSPS) is 16.8. The van der Waals surface area contributed by atoms with Crippen LogP contribution in [0.4, 0.5) is 0 Å². The Morgan fingerprint density at radius 2 is 2.14 bits per heavy atom.